The largest absolute Gasteiger partial charge is 0.416 e. The molecule has 0 aromatic heterocycles. The molecule has 0 bridgehead atoms. The van der Waals surface area contributed by atoms with Crippen LogP contribution in [0.5, 0.6) is 0 Å². The summed E-state index contributed by atoms with van der Waals surface area (Å²) in [6.45, 7) is 5.31. The van der Waals surface area contributed by atoms with Crippen LogP contribution in [0.2, 0.25) is 0 Å². The Morgan fingerprint density at radius 3 is 2.45 bits per heavy atom. The van der Waals surface area contributed by atoms with E-state index in [1.165, 1.54) is 34.1 Å². The van der Waals surface area contributed by atoms with Crippen molar-refractivity contribution >= 4 is 17.8 Å². The molecule has 5 rings (SSSR count). The second-order valence-corrected chi connectivity index (χ2v) is 9.55. The molecule has 3 aliphatic rings. The van der Waals surface area contributed by atoms with Gasteiger partial charge >= 0.3 is 12.2 Å². The summed E-state index contributed by atoms with van der Waals surface area (Å²) in [6.07, 6.45) is -3.26. The Hall–Kier alpha value is -4.16. The van der Waals surface area contributed by atoms with Gasteiger partial charge in [0.25, 0.3) is 11.8 Å². The molecule has 0 spiro atoms. The maximum Gasteiger partial charge on any atom is 0.416 e. The number of rotatable bonds is 7. The fraction of sp³-hybridized carbons (Fsp3) is 0.321. The molecule has 12 heteroatoms. The van der Waals surface area contributed by atoms with Gasteiger partial charge in [-0.2, -0.15) is 13.2 Å². The minimum absolute atomic E-state index is 0.0155. The zero-order valence-corrected chi connectivity index (χ0v) is 21.5. The first kappa shape index (κ1) is 27.4. The number of carbonyl (C=O) groups excluding carboxylic acids is 3. The summed E-state index contributed by atoms with van der Waals surface area (Å²) in [5.74, 6) is -1.12. The van der Waals surface area contributed by atoms with Crippen molar-refractivity contribution in [3.63, 3.8) is 0 Å². The van der Waals surface area contributed by atoms with Gasteiger partial charge in [0.15, 0.2) is 0 Å². The third-order valence-corrected chi connectivity index (χ3v) is 7.09. The van der Waals surface area contributed by atoms with Crippen LogP contribution >= 0.6 is 0 Å². The normalized spacial score (nSPS) is 20.7. The number of carbonyl (C=O) groups is 3. The van der Waals surface area contributed by atoms with Gasteiger partial charge in [0.05, 0.1) is 42.6 Å². The Labute approximate surface area is 228 Å². The zero-order valence-electron chi connectivity index (χ0n) is 21.5. The Morgan fingerprint density at radius 2 is 1.77 bits per heavy atom. The molecule has 0 unspecified atom stereocenters. The topological polar surface area (TPSA) is 94.2 Å². The van der Waals surface area contributed by atoms with Crippen LogP contribution in [-0.4, -0.2) is 72.0 Å². The highest BCUT2D eigenvalue weighted by Gasteiger charge is 2.49. The predicted octanol–water partition coefficient (Wildman–Crippen LogP) is 3.16. The average Bonchev–Trinajstić information content (AvgIpc) is 3.27. The number of halogens is 3. The van der Waals surface area contributed by atoms with Gasteiger partial charge in [-0.1, -0.05) is 54.6 Å². The quantitative estimate of drug-likeness (QED) is 0.512. The van der Waals surface area contributed by atoms with Crippen molar-refractivity contribution in [3.05, 3.63) is 95.2 Å². The molecule has 0 radical (unpaired) electrons. The van der Waals surface area contributed by atoms with E-state index < -0.39 is 41.7 Å². The molecule has 4 amide bonds. The number of ether oxygens (including phenoxy) is 1. The maximum absolute atomic E-state index is 14.1. The fourth-order valence-electron chi connectivity index (χ4n) is 5.28. The van der Waals surface area contributed by atoms with Crippen molar-refractivity contribution in [1.82, 2.24) is 25.6 Å². The number of amides is 4. The second kappa shape index (κ2) is 11.1. The lowest BCUT2D eigenvalue weighted by molar-refractivity contribution is -0.141. The minimum atomic E-state index is -4.72. The van der Waals surface area contributed by atoms with E-state index in [0.717, 1.165) is 6.07 Å². The van der Waals surface area contributed by atoms with Crippen LogP contribution in [0.25, 0.3) is 0 Å². The lowest BCUT2D eigenvalue weighted by Crippen LogP contribution is -2.52. The van der Waals surface area contributed by atoms with Gasteiger partial charge in [-0.25, -0.2) is 9.80 Å². The van der Waals surface area contributed by atoms with E-state index in [-0.39, 0.29) is 29.9 Å². The highest BCUT2D eigenvalue weighted by Crippen LogP contribution is 2.43. The van der Waals surface area contributed by atoms with Gasteiger partial charge in [0.2, 0.25) is 0 Å². The molecule has 2 aromatic carbocycles. The van der Waals surface area contributed by atoms with Gasteiger partial charge in [0, 0.05) is 19.6 Å². The van der Waals surface area contributed by atoms with E-state index in [9.17, 15) is 27.6 Å². The molecule has 40 heavy (non-hydrogen) atoms. The molecule has 3 heterocycles. The first-order valence-corrected chi connectivity index (χ1v) is 12.8. The number of urea groups is 1. The number of nitrogens with one attached hydrogen (secondary N) is 2. The van der Waals surface area contributed by atoms with E-state index in [1.807, 2.05) is 0 Å². The Kier molecular flexibility index (Phi) is 7.63. The summed E-state index contributed by atoms with van der Waals surface area (Å²) in [5.41, 5.74) is 2.38. The summed E-state index contributed by atoms with van der Waals surface area (Å²) in [7, 11) is 0. The average molecular weight is 556 g/mol. The Balaban J connectivity index is 1.57. The second-order valence-electron chi connectivity index (χ2n) is 9.55. The fourth-order valence-corrected chi connectivity index (χ4v) is 5.28. The number of hydrogen-bond donors (Lipinski definition) is 2. The number of alkyl halides is 3. The zero-order chi connectivity index (χ0) is 28.4. The number of benzene rings is 2. The third kappa shape index (κ3) is 5.19. The minimum Gasteiger partial charge on any atom is -0.379 e. The summed E-state index contributed by atoms with van der Waals surface area (Å²) >= 11 is 0. The molecule has 210 valence electrons. The first-order valence-electron chi connectivity index (χ1n) is 12.8. The number of morpholine rings is 1. The van der Waals surface area contributed by atoms with E-state index in [4.69, 9.17) is 4.74 Å². The van der Waals surface area contributed by atoms with Crippen molar-refractivity contribution in [2.45, 2.75) is 18.3 Å². The van der Waals surface area contributed by atoms with Crippen LogP contribution in [0, 0.1) is 0 Å². The Bertz CT molecular complexity index is 1340. The monoisotopic (exact) mass is 555 g/mol. The molecule has 0 saturated carbocycles. The van der Waals surface area contributed by atoms with Gasteiger partial charge in [-0.05, 0) is 17.2 Å². The highest BCUT2D eigenvalue weighted by atomic mass is 19.4. The Morgan fingerprint density at radius 1 is 1.10 bits per heavy atom. The molecule has 3 aliphatic heterocycles. The lowest BCUT2D eigenvalue weighted by atomic mass is 9.91. The van der Waals surface area contributed by atoms with Gasteiger partial charge in [-0.3, -0.25) is 19.9 Å². The number of nitrogens with zero attached hydrogens (tertiary/aromatic N) is 3. The van der Waals surface area contributed by atoms with Crippen LogP contribution in [0.15, 0.2) is 78.5 Å². The first-order chi connectivity index (χ1) is 19.2. The van der Waals surface area contributed by atoms with E-state index in [0.29, 0.717) is 31.9 Å². The predicted molar refractivity (Wildman–Crippen MR) is 138 cm³/mol. The van der Waals surface area contributed by atoms with Gasteiger partial charge < -0.3 is 15.0 Å². The molecule has 2 N–H and O–H groups in total. The summed E-state index contributed by atoms with van der Waals surface area (Å²) in [5, 5.41) is 4.29. The van der Waals surface area contributed by atoms with Crippen LogP contribution in [0.4, 0.5) is 18.0 Å². The van der Waals surface area contributed by atoms with Crippen molar-refractivity contribution in [3.8, 4) is 0 Å². The number of hydrazine groups is 1. The molecule has 1 saturated heterocycles. The van der Waals surface area contributed by atoms with Crippen molar-refractivity contribution in [2.75, 3.05) is 39.4 Å². The van der Waals surface area contributed by atoms with Gasteiger partial charge in [-0.15, -0.1) is 6.58 Å². The molecule has 2 atom stereocenters. The summed E-state index contributed by atoms with van der Waals surface area (Å²) < 4.78 is 47.3. The molecular formula is C28H28F3N5O4. The van der Waals surface area contributed by atoms with Crippen molar-refractivity contribution in [2.24, 2.45) is 0 Å². The molecular weight excluding hydrogens is 527 g/mol. The molecule has 0 aliphatic carbocycles. The maximum atomic E-state index is 14.1. The van der Waals surface area contributed by atoms with Gasteiger partial charge in [0.1, 0.15) is 6.04 Å². The third-order valence-electron chi connectivity index (χ3n) is 7.09. The molecule has 2 aromatic rings. The molecule has 1 fully saturated rings. The lowest BCUT2D eigenvalue weighted by Gasteiger charge is -2.33. The van der Waals surface area contributed by atoms with E-state index >= 15 is 0 Å². The van der Waals surface area contributed by atoms with Crippen LogP contribution in [0.1, 0.15) is 28.8 Å². The summed E-state index contributed by atoms with van der Waals surface area (Å²) in [4.78, 5) is 43.5. The highest BCUT2D eigenvalue weighted by molar-refractivity contribution is 6.04. The van der Waals surface area contributed by atoms with Crippen LogP contribution in [0.3, 0.4) is 0 Å². The molecule has 9 nitrogen and oxygen atoms in total. The standard InChI is InChI=1S/C28H28F3N5O4/c1-2-12-35-21-17-36(24(18-8-4-3-5-9-18)25(37)33-34-13-15-40-16-14-34)26(38)22(21)23(32-27(35)39)19-10-6-7-11-20(19)28(29,30)31/h2-11,23-24H,1,12-17H2,(H,32,39)(H,33,37)/t23-,24+/m1/s1. The van der Waals surface area contributed by atoms with E-state index in [2.05, 4.69) is 17.3 Å². The van der Waals surface area contributed by atoms with Crippen LogP contribution in [-0.2, 0) is 20.5 Å². The summed E-state index contributed by atoms with van der Waals surface area (Å²) in [6, 6.07) is 10.3. The van der Waals surface area contributed by atoms with Crippen molar-refractivity contribution in [1.29, 1.82) is 0 Å². The number of hydrogen-bond acceptors (Lipinski definition) is 5. The van der Waals surface area contributed by atoms with E-state index in [1.54, 1.807) is 35.3 Å². The SMILES string of the molecule is C=CCN1C(=O)N[C@H](c2ccccc2C(F)(F)F)C2=C1CN([C@H](C(=O)NN1CCOCC1)c1ccccc1)C2=O. The smallest absolute Gasteiger partial charge is 0.379 e. The van der Waals surface area contributed by atoms with Crippen LogP contribution < -0.4 is 10.7 Å². The van der Waals surface area contributed by atoms with Crippen molar-refractivity contribution < 1.29 is 32.3 Å².